The van der Waals surface area contributed by atoms with E-state index in [0.717, 1.165) is 6.54 Å². The molecule has 19 heavy (non-hydrogen) atoms. The molecule has 0 bridgehead atoms. The first kappa shape index (κ1) is 14.2. The second-order valence-electron chi connectivity index (χ2n) is 4.75. The van der Waals surface area contributed by atoms with Gasteiger partial charge in [-0.3, -0.25) is 10.1 Å². The second-order valence-corrected chi connectivity index (χ2v) is 6.16. The van der Waals surface area contributed by atoms with Crippen LogP contribution in [0.2, 0.25) is 0 Å². The maximum atomic E-state index is 11.2. The fourth-order valence-electron chi connectivity index (χ4n) is 2.38. The number of thioether (sulfide) groups is 1. The largest absolute Gasteiger partial charge is 0.363 e. The van der Waals surface area contributed by atoms with Gasteiger partial charge in [0.2, 0.25) is 5.82 Å². The lowest BCUT2D eigenvalue weighted by Crippen LogP contribution is -2.21. The van der Waals surface area contributed by atoms with Gasteiger partial charge in [0.25, 0.3) is 0 Å². The summed E-state index contributed by atoms with van der Waals surface area (Å²) < 4.78 is 1.59. The van der Waals surface area contributed by atoms with Crippen LogP contribution in [0.3, 0.4) is 0 Å². The van der Waals surface area contributed by atoms with Gasteiger partial charge in [0.1, 0.15) is 5.69 Å². The summed E-state index contributed by atoms with van der Waals surface area (Å²) in [5.74, 6) is 1.73. The molecule has 2 heterocycles. The van der Waals surface area contributed by atoms with E-state index in [1.54, 1.807) is 11.7 Å². The molecule has 1 aliphatic rings. The lowest BCUT2D eigenvalue weighted by atomic mass is 10.2. The number of hydrogen-bond donors (Lipinski definition) is 1. The van der Waals surface area contributed by atoms with Crippen LogP contribution >= 0.6 is 11.8 Å². The summed E-state index contributed by atoms with van der Waals surface area (Å²) in [4.78, 5) is 10.8. The SMILES string of the molecule is CCc1nn(C)c(NCC2CCCCS2)c1[N+](=O)[O-]. The zero-order valence-corrected chi connectivity index (χ0v) is 12.2. The molecular formula is C12H20N4O2S. The molecule has 106 valence electrons. The van der Waals surface area contributed by atoms with Crippen LogP contribution in [0.5, 0.6) is 0 Å². The van der Waals surface area contributed by atoms with E-state index in [1.165, 1.54) is 25.0 Å². The minimum absolute atomic E-state index is 0.130. The normalized spacial score (nSPS) is 19.4. The molecule has 0 radical (unpaired) electrons. The molecule has 1 atom stereocenters. The summed E-state index contributed by atoms with van der Waals surface area (Å²) in [6.45, 7) is 2.66. The average Bonchev–Trinajstić information content (AvgIpc) is 2.74. The van der Waals surface area contributed by atoms with E-state index in [2.05, 4.69) is 10.4 Å². The number of aromatic nitrogens is 2. The number of anilines is 1. The molecule has 6 nitrogen and oxygen atoms in total. The molecule has 2 rings (SSSR count). The van der Waals surface area contributed by atoms with E-state index in [4.69, 9.17) is 0 Å². The fraction of sp³-hybridized carbons (Fsp3) is 0.750. The Morgan fingerprint density at radius 1 is 1.58 bits per heavy atom. The molecule has 1 aromatic heterocycles. The van der Waals surface area contributed by atoms with E-state index in [1.807, 2.05) is 18.7 Å². The number of rotatable bonds is 5. The molecule has 0 saturated carbocycles. The number of nitrogens with zero attached hydrogens (tertiary/aromatic N) is 3. The fourth-order valence-corrected chi connectivity index (χ4v) is 3.61. The first-order chi connectivity index (χ1) is 9.13. The summed E-state index contributed by atoms with van der Waals surface area (Å²) >= 11 is 1.95. The number of aryl methyl sites for hydroxylation is 2. The van der Waals surface area contributed by atoms with Gasteiger partial charge in [-0.15, -0.1) is 0 Å². The van der Waals surface area contributed by atoms with Crippen LogP contribution in [0.1, 0.15) is 31.9 Å². The maximum absolute atomic E-state index is 11.2. The van der Waals surface area contributed by atoms with E-state index in [9.17, 15) is 10.1 Å². The van der Waals surface area contributed by atoms with Crippen LogP contribution in [-0.4, -0.2) is 32.3 Å². The predicted molar refractivity (Wildman–Crippen MR) is 77.8 cm³/mol. The van der Waals surface area contributed by atoms with Crippen molar-refractivity contribution in [2.24, 2.45) is 7.05 Å². The van der Waals surface area contributed by atoms with Crippen LogP contribution in [0.15, 0.2) is 0 Å². The second kappa shape index (κ2) is 6.27. The van der Waals surface area contributed by atoms with Crippen LogP contribution in [-0.2, 0) is 13.5 Å². The summed E-state index contributed by atoms with van der Waals surface area (Å²) in [5, 5.41) is 19.2. The van der Waals surface area contributed by atoms with Gasteiger partial charge in [-0.25, -0.2) is 4.68 Å². The topological polar surface area (TPSA) is 73.0 Å². The van der Waals surface area contributed by atoms with Crippen molar-refractivity contribution in [3.05, 3.63) is 15.8 Å². The highest BCUT2D eigenvalue weighted by atomic mass is 32.2. The lowest BCUT2D eigenvalue weighted by Gasteiger charge is -2.21. The van der Waals surface area contributed by atoms with Crippen LogP contribution in [0.25, 0.3) is 0 Å². The van der Waals surface area contributed by atoms with E-state index < -0.39 is 0 Å². The molecule has 7 heteroatoms. The van der Waals surface area contributed by atoms with Gasteiger partial charge in [-0.2, -0.15) is 16.9 Å². The molecule has 0 aliphatic carbocycles. The first-order valence-electron chi connectivity index (χ1n) is 6.69. The van der Waals surface area contributed by atoms with Crippen molar-refractivity contribution >= 4 is 23.3 Å². The van der Waals surface area contributed by atoms with Crippen LogP contribution < -0.4 is 5.32 Å². The highest BCUT2D eigenvalue weighted by Crippen LogP contribution is 2.30. The van der Waals surface area contributed by atoms with Crippen molar-refractivity contribution < 1.29 is 4.92 Å². The lowest BCUT2D eigenvalue weighted by molar-refractivity contribution is -0.384. The number of hydrogen-bond acceptors (Lipinski definition) is 5. The van der Waals surface area contributed by atoms with Crippen LogP contribution in [0.4, 0.5) is 11.5 Å². The molecule has 1 N–H and O–H groups in total. The molecule has 1 unspecified atom stereocenters. The van der Waals surface area contributed by atoms with Gasteiger partial charge in [0.15, 0.2) is 0 Å². The molecule has 1 aromatic rings. The van der Waals surface area contributed by atoms with Gasteiger partial charge in [-0.1, -0.05) is 13.3 Å². The zero-order chi connectivity index (χ0) is 13.8. The summed E-state index contributed by atoms with van der Waals surface area (Å²) in [7, 11) is 1.75. The van der Waals surface area contributed by atoms with E-state index >= 15 is 0 Å². The van der Waals surface area contributed by atoms with Crippen molar-refractivity contribution in [2.75, 3.05) is 17.6 Å². The Morgan fingerprint density at radius 3 is 2.95 bits per heavy atom. The van der Waals surface area contributed by atoms with Crippen molar-refractivity contribution in [1.29, 1.82) is 0 Å². The Labute approximate surface area is 117 Å². The number of nitrogens with one attached hydrogen (secondary N) is 1. The molecule has 1 fully saturated rings. The van der Waals surface area contributed by atoms with Gasteiger partial charge in [0.05, 0.1) is 4.92 Å². The zero-order valence-electron chi connectivity index (χ0n) is 11.4. The molecule has 1 aliphatic heterocycles. The first-order valence-corrected chi connectivity index (χ1v) is 7.74. The highest BCUT2D eigenvalue weighted by Gasteiger charge is 2.26. The van der Waals surface area contributed by atoms with Gasteiger partial charge in [0, 0.05) is 18.8 Å². The predicted octanol–water partition coefficient (Wildman–Crippen LogP) is 2.59. The molecule has 1 saturated heterocycles. The van der Waals surface area contributed by atoms with Crippen molar-refractivity contribution in [3.8, 4) is 0 Å². The van der Waals surface area contributed by atoms with Crippen molar-refractivity contribution in [1.82, 2.24) is 9.78 Å². The third-order valence-electron chi connectivity index (χ3n) is 3.38. The average molecular weight is 284 g/mol. The number of nitro groups is 1. The van der Waals surface area contributed by atoms with E-state index in [0.29, 0.717) is 23.2 Å². The van der Waals surface area contributed by atoms with Gasteiger partial charge < -0.3 is 5.32 Å². The third kappa shape index (κ3) is 3.20. The molecular weight excluding hydrogens is 264 g/mol. The monoisotopic (exact) mass is 284 g/mol. The minimum Gasteiger partial charge on any atom is -0.363 e. The maximum Gasteiger partial charge on any atom is 0.333 e. The van der Waals surface area contributed by atoms with Gasteiger partial charge >= 0.3 is 5.69 Å². The Morgan fingerprint density at radius 2 is 2.37 bits per heavy atom. The van der Waals surface area contributed by atoms with Crippen LogP contribution in [0, 0.1) is 10.1 Å². The summed E-state index contributed by atoms with van der Waals surface area (Å²) in [5.41, 5.74) is 0.678. The Hall–Kier alpha value is -1.24. The highest BCUT2D eigenvalue weighted by molar-refractivity contribution is 7.99. The minimum atomic E-state index is -0.331. The van der Waals surface area contributed by atoms with Crippen molar-refractivity contribution in [3.63, 3.8) is 0 Å². The third-order valence-corrected chi connectivity index (χ3v) is 4.78. The standard InChI is InChI=1S/C12H20N4O2S/c1-3-10-11(16(17)18)12(15(2)14-10)13-8-9-6-4-5-7-19-9/h9,13H,3-8H2,1-2H3. The Bertz CT molecular complexity index is 455. The molecule has 0 aromatic carbocycles. The summed E-state index contributed by atoms with van der Waals surface area (Å²) in [6.07, 6.45) is 4.30. The molecule has 0 amide bonds. The van der Waals surface area contributed by atoms with E-state index in [-0.39, 0.29) is 10.6 Å². The van der Waals surface area contributed by atoms with Crippen molar-refractivity contribution in [2.45, 2.75) is 37.9 Å². The molecule has 0 spiro atoms. The Balaban J connectivity index is 2.10. The summed E-state index contributed by atoms with van der Waals surface area (Å²) in [6, 6.07) is 0. The Kier molecular flexibility index (Phi) is 4.68. The van der Waals surface area contributed by atoms with Gasteiger partial charge in [-0.05, 0) is 25.0 Å². The smallest absolute Gasteiger partial charge is 0.333 e. The quantitative estimate of drug-likeness (QED) is 0.664.